The largest absolute Gasteiger partial charge is 0.461 e. The van der Waals surface area contributed by atoms with Crippen LogP contribution in [0.2, 0.25) is 0 Å². The number of cyclic esters (lactones) is 1. The van der Waals surface area contributed by atoms with Crippen molar-refractivity contribution < 1.29 is 14.6 Å². The molecule has 1 aromatic carbocycles. The lowest BCUT2D eigenvalue weighted by Gasteiger charge is -2.16. The Bertz CT molecular complexity index is 371. The zero-order chi connectivity index (χ0) is 10.7. The summed E-state index contributed by atoms with van der Waals surface area (Å²) in [5.74, 6) is -0.151. The van der Waals surface area contributed by atoms with Crippen LogP contribution in [0.3, 0.4) is 0 Å². The molecule has 0 saturated heterocycles. The van der Waals surface area contributed by atoms with Gasteiger partial charge in [0.15, 0.2) is 0 Å². The van der Waals surface area contributed by atoms with E-state index >= 15 is 0 Å². The third-order valence-corrected chi connectivity index (χ3v) is 2.62. The van der Waals surface area contributed by atoms with Gasteiger partial charge in [0.05, 0.1) is 6.42 Å². The van der Waals surface area contributed by atoms with Gasteiger partial charge in [-0.05, 0) is 29.5 Å². The molecule has 0 spiro atoms. The molecule has 1 aliphatic heterocycles. The van der Waals surface area contributed by atoms with E-state index in [1.54, 1.807) is 0 Å². The fraction of sp³-hybridized carbons (Fsp3) is 0.417. The van der Waals surface area contributed by atoms with Gasteiger partial charge in [-0.1, -0.05) is 18.2 Å². The zero-order valence-electron chi connectivity index (χ0n) is 8.53. The van der Waals surface area contributed by atoms with Crippen LogP contribution in [0.5, 0.6) is 0 Å². The van der Waals surface area contributed by atoms with Gasteiger partial charge in [-0.2, -0.15) is 0 Å². The van der Waals surface area contributed by atoms with Crippen LogP contribution in [0.1, 0.15) is 23.1 Å². The molecule has 0 atom stereocenters. The summed E-state index contributed by atoms with van der Waals surface area (Å²) in [5, 5.41) is 8.73. The smallest absolute Gasteiger partial charge is 0.310 e. The second-order valence-electron chi connectivity index (χ2n) is 3.77. The molecule has 1 aliphatic rings. The van der Waals surface area contributed by atoms with Crippen LogP contribution in [0.4, 0.5) is 0 Å². The van der Waals surface area contributed by atoms with E-state index in [0.717, 1.165) is 24.0 Å². The van der Waals surface area contributed by atoms with Crippen molar-refractivity contribution in [3.05, 3.63) is 34.9 Å². The minimum absolute atomic E-state index is 0.151. The standard InChI is InChI=1S/C12H14O3/c13-5-1-2-9-3-4-10-8-15-12(14)7-11(10)6-9/h3-4,6,13H,1-2,5,7-8H2. The van der Waals surface area contributed by atoms with E-state index in [1.165, 1.54) is 5.56 Å². The SMILES string of the molecule is O=C1Cc2cc(CCCO)ccc2CO1. The van der Waals surface area contributed by atoms with Crippen LogP contribution >= 0.6 is 0 Å². The Morgan fingerprint density at radius 3 is 3.00 bits per heavy atom. The van der Waals surface area contributed by atoms with Crippen LogP contribution in [0, 0.1) is 0 Å². The Labute approximate surface area is 88.7 Å². The number of aliphatic hydroxyl groups is 1. The molecule has 0 saturated carbocycles. The van der Waals surface area contributed by atoms with E-state index in [1.807, 2.05) is 18.2 Å². The Morgan fingerprint density at radius 1 is 1.33 bits per heavy atom. The molecule has 1 N–H and O–H groups in total. The average Bonchev–Trinajstić information content (AvgIpc) is 2.25. The third kappa shape index (κ3) is 2.36. The lowest BCUT2D eigenvalue weighted by molar-refractivity contribution is -0.145. The Morgan fingerprint density at radius 2 is 2.20 bits per heavy atom. The molecule has 0 amide bonds. The summed E-state index contributed by atoms with van der Waals surface area (Å²) in [6, 6.07) is 6.09. The van der Waals surface area contributed by atoms with E-state index in [9.17, 15) is 4.79 Å². The maximum absolute atomic E-state index is 11.1. The van der Waals surface area contributed by atoms with E-state index in [2.05, 4.69) is 0 Å². The minimum atomic E-state index is -0.151. The van der Waals surface area contributed by atoms with Crippen molar-refractivity contribution in [2.24, 2.45) is 0 Å². The molecule has 0 unspecified atom stereocenters. The Kier molecular flexibility index (Phi) is 3.02. The summed E-state index contributed by atoms with van der Waals surface area (Å²) in [6.45, 7) is 0.605. The van der Waals surface area contributed by atoms with Gasteiger partial charge in [-0.3, -0.25) is 4.79 Å². The number of rotatable bonds is 3. The number of ether oxygens (including phenoxy) is 1. The maximum Gasteiger partial charge on any atom is 0.310 e. The fourth-order valence-electron chi connectivity index (χ4n) is 1.79. The van der Waals surface area contributed by atoms with Crippen molar-refractivity contribution in [3.8, 4) is 0 Å². The molecule has 0 radical (unpaired) electrons. The average molecular weight is 206 g/mol. The highest BCUT2D eigenvalue weighted by Gasteiger charge is 2.16. The summed E-state index contributed by atoms with van der Waals surface area (Å²) in [5.41, 5.74) is 3.35. The molecule has 1 aromatic rings. The molecule has 80 valence electrons. The van der Waals surface area contributed by atoms with Crippen molar-refractivity contribution >= 4 is 5.97 Å². The van der Waals surface area contributed by atoms with E-state index in [4.69, 9.17) is 9.84 Å². The van der Waals surface area contributed by atoms with Gasteiger partial charge in [0.25, 0.3) is 0 Å². The quantitative estimate of drug-likeness (QED) is 0.756. The number of esters is 1. The van der Waals surface area contributed by atoms with E-state index in [-0.39, 0.29) is 12.6 Å². The molecule has 0 fully saturated rings. The van der Waals surface area contributed by atoms with Gasteiger partial charge < -0.3 is 9.84 Å². The molecule has 0 aromatic heterocycles. The predicted octanol–water partition coefficient (Wildman–Crippen LogP) is 1.21. The van der Waals surface area contributed by atoms with Crippen molar-refractivity contribution in [1.29, 1.82) is 0 Å². The summed E-state index contributed by atoms with van der Waals surface area (Å²) in [6.07, 6.45) is 2.00. The number of carbonyl (C=O) groups is 1. The van der Waals surface area contributed by atoms with Crippen LogP contribution in [-0.4, -0.2) is 17.7 Å². The van der Waals surface area contributed by atoms with E-state index in [0.29, 0.717) is 13.0 Å². The fourth-order valence-corrected chi connectivity index (χ4v) is 1.79. The lowest BCUT2D eigenvalue weighted by atomic mass is 9.98. The number of aryl methyl sites for hydroxylation is 1. The van der Waals surface area contributed by atoms with E-state index < -0.39 is 0 Å². The Hall–Kier alpha value is -1.35. The molecule has 3 heteroatoms. The van der Waals surface area contributed by atoms with Gasteiger partial charge in [-0.15, -0.1) is 0 Å². The van der Waals surface area contributed by atoms with Gasteiger partial charge >= 0.3 is 5.97 Å². The number of aliphatic hydroxyl groups excluding tert-OH is 1. The highest BCUT2D eigenvalue weighted by Crippen LogP contribution is 2.19. The number of benzene rings is 1. The second-order valence-corrected chi connectivity index (χ2v) is 3.77. The molecule has 3 nitrogen and oxygen atoms in total. The summed E-state index contributed by atoms with van der Waals surface area (Å²) >= 11 is 0. The van der Waals surface area contributed by atoms with Crippen molar-refractivity contribution in [2.75, 3.05) is 6.61 Å². The first-order chi connectivity index (χ1) is 7.29. The highest BCUT2D eigenvalue weighted by atomic mass is 16.5. The molecular formula is C12H14O3. The van der Waals surface area contributed by atoms with Crippen molar-refractivity contribution in [1.82, 2.24) is 0 Å². The highest BCUT2D eigenvalue weighted by molar-refractivity contribution is 5.74. The van der Waals surface area contributed by atoms with Gasteiger partial charge in [0.1, 0.15) is 6.61 Å². The topological polar surface area (TPSA) is 46.5 Å². The summed E-state index contributed by atoms with van der Waals surface area (Å²) in [4.78, 5) is 11.1. The molecule has 0 aliphatic carbocycles. The van der Waals surface area contributed by atoms with Gasteiger partial charge in [-0.25, -0.2) is 0 Å². The van der Waals surface area contributed by atoms with Crippen molar-refractivity contribution in [2.45, 2.75) is 25.9 Å². The Balaban J connectivity index is 2.17. The zero-order valence-corrected chi connectivity index (χ0v) is 8.53. The molecule has 15 heavy (non-hydrogen) atoms. The molecule has 0 bridgehead atoms. The van der Waals surface area contributed by atoms with Crippen LogP contribution in [-0.2, 0) is 29.0 Å². The molecule has 1 heterocycles. The predicted molar refractivity (Wildman–Crippen MR) is 55.3 cm³/mol. The number of hydrogen-bond acceptors (Lipinski definition) is 3. The number of fused-ring (bicyclic) bond motifs is 1. The first kappa shape index (κ1) is 10.2. The number of hydrogen-bond donors (Lipinski definition) is 1. The maximum atomic E-state index is 11.1. The van der Waals surface area contributed by atoms with Crippen LogP contribution in [0.25, 0.3) is 0 Å². The monoisotopic (exact) mass is 206 g/mol. The third-order valence-electron chi connectivity index (χ3n) is 2.62. The second kappa shape index (κ2) is 4.45. The molecule has 2 rings (SSSR count). The van der Waals surface area contributed by atoms with Crippen molar-refractivity contribution in [3.63, 3.8) is 0 Å². The van der Waals surface area contributed by atoms with Crippen LogP contribution < -0.4 is 0 Å². The minimum Gasteiger partial charge on any atom is -0.461 e. The first-order valence-corrected chi connectivity index (χ1v) is 5.17. The summed E-state index contributed by atoms with van der Waals surface area (Å²) < 4.78 is 4.95. The lowest BCUT2D eigenvalue weighted by Crippen LogP contribution is -2.16. The van der Waals surface area contributed by atoms with Gasteiger partial charge in [0, 0.05) is 6.61 Å². The van der Waals surface area contributed by atoms with Gasteiger partial charge in [0.2, 0.25) is 0 Å². The molecular weight excluding hydrogens is 192 g/mol. The normalized spacial score (nSPS) is 14.6. The van der Waals surface area contributed by atoms with Crippen LogP contribution in [0.15, 0.2) is 18.2 Å². The number of carbonyl (C=O) groups excluding carboxylic acids is 1. The first-order valence-electron chi connectivity index (χ1n) is 5.17. The summed E-state index contributed by atoms with van der Waals surface area (Å²) in [7, 11) is 0.